The molecule has 10 nitrogen and oxygen atoms in total. The highest BCUT2D eigenvalue weighted by atomic mass is 16.2. The number of carbonyl (C=O) groups excluding carboxylic acids is 3. The van der Waals surface area contributed by atoms with E-state index in [1.807, 2.05) is 38.1 Å². The van der Waals surface area contributed by atoms with Gasteiger partial charge in [-0.25, -0.2) is 4.68 Å². The Hall–Kier alpha value is -4.08. The molecular formula is C23H25N7O3. The predicted octanol–water partition coefficient (Wildman–Crippen LogP) is 1.42. The summed E-state index contributed by atoms with van der Waals surface area (Å²) in [5, 5.41) is 10.9. The summed E-state index contributed by atoms with van der Waals surface area (Å²) in [5.74, 6) is -0.804. The van der Waals surface area contributed by atoms with E-state index in [4.69, 9.17) is 0 Å². The monoisotopic (exact) mass is 447 g/mol. The number of amides is 3. The first kappa shape index (κ1) is 22.1. The smallest absolute Gasteiger partial charge is 0.269 e. The van der Waals surface area contributed by atoms with Crippen LogP contribution in [0.3, 0.4) is 0 Å². The van der Waals surface area contributed by atoms with Gasteiger partial charge in [0.05, 0.1) is 5.69 Å². The molecule has 1 unspecified atom stereocenters. The number of nitrogens with one attached hydrogen (secondary N) is 2. The number of fused-ring (bicyclic) bond motifs is 1. The zero-order valence-electron chi connectivity index (χ0n) is 18.4. The van der Waals surface area contributed by atoms with Gasteiger partial charge in [-0.15, -0.1) is 5.10 Å². The fraction of sp³-hybridized carbons (Fsp3) is 0.304. The van der Waals surface area contributed by atoms with Crippen LogP contribution in [0.1, 0.15) is 41.8 Å². The van der Waals surface area contributed by atoms with E-state index in [2.05, 4.69) is 26.4 Å². The molecule has 2 N–H and O–H groups in total. The van der Waals surface area contributed by atoms with Crippen LogP contribution in [0, 0.1) is 5.92 Å². The standard InChI is InChI=1S/C23H25N7O3/c1-15(2)11-21(31)29-13-18-6-4-3-5-17(18)12-20(29)23(33)26-25-22(32)16-7-9-19(10-8-16)30-14-24-27-28-30/h3-10,14-15,20H,11-13H2,1-2H3,(H,25,32)(H,26,33). The van der Waals surface area contributed by atoms with Gasteiger partial charge in [0.1, 0.15) is 12.4 Å². The Bertz CT molecular complexity index is 1140. The Labute approximate surface area is 190 Å². The molecule has 1 atom stereocenters. The van der Waals surface area contributed by atoms with Crippen LogP contribution in [-0.4, -0.2) is 48.9 Å². The summed E-state index contributed by atoms with van der Waals surface area (Å²) in [6.45, 7) is 4.30. The Kier molecular flexibility index (Phi) is 6.43. The van der Waals surface area contributed by atoms with Crippen LogP contribution in [0.15, 0.2) is 54.9 Å². The molecule has 33 heavy (non-hydrogen) atoms. The third kappa shape index (κ3) is 5.05. The minimum atomic E-state index is -0.700. The minimum absolute atomic E-state index is 0.0795. The molecule has 4 rings (SSSR count). The molecule has 0 saturated heterocycles. The fourth-order valence-corrected chi connectivity index (χ4v) is 3.80. The van der Waals surface area contributed by atoms with E-state index in [0.717, 1.165) is 11.1 Å². The van der Waals surface area contributed by atoms with Crippen LogP contribution in [-0.2, 0) is 22.6 Å². The van der Waals surface area contributed by atoms with Crippen molar-refractivity contribution < 1.29 is 14.4 Å². The van der Waals surface area contributed by atoms with Crippen molar-refractivity contribution in [1.29, 1.82) is 0 Å². The second-order valence-corrected chi connectivity index (χ2v) is 8.35. The van der Waals surface area contributed by atoms with Crippen LogP contribution in [0.4, 0.5) is 0 Å². The Morgan fingerprint density at radius 1 is 1.03 bits per heavy atom. The molecule has 0 saturated carbocycles. The van der Waals surface area contributed by atoms with E-state index in [1.165, 1.54) is 11.0 Å². The number of rotatable bonds is 5. The second-order valence-electron chi connectivity index (χ2n) is 8.35. The average Bonchev–Trinajstić information content (AvgIpc) is 3.36. The van der Waals surface area contributed by atoms with E-state index in [-0.39, 0.29) is 11.8 Å². The molecule has 10 heteroatoms. The van der Waals surface area contributed by atoms with Crippen molar-refractivity contribution in [3.8, 4) is 5.69 Å². The van der Waals surface area contributed by atoms with Crippen molar-refractivity contribution in [1.82, 2.24) is 36.0 Å². The maximum Gasteiger partial charge on any atom is 0.269 e. The highest BCUT2D eigenvalue weighted by molar-refractivity contribution is 5.96. The number of hydrogen-bond acceptors (Lipinski definition) is 6. The van der Waals surface area contributed by atoms with E-state index >= 15 is 0 Å². The summed E-state index contributed by atoms with van der Waals surface area (Å²) in [4.78, 5) is 40.0. The van der Waals surface area contributed by atoms with Gasteiger partial charge in [-0.1, -0.05) is 38.1 Å². The number of hydrogen-bond donors (Lipinski definition) is 2. The number of carbonyl (C=O) groups is 3. The van der Waals surface area contributed by atoms with Gasteiger partial charge in [0.25, 0.3) is 11.8 Å². The number of hydrazine groups is 1. The van der Waals surface area contributed by atoms with Crippen molar-refractivity contribution >= 4 is 17.7 Å². The molecule has 1 aliphatic heterocycles. The van der Waals surface area contributed by atoms with Crippen molar-refractivity contribution in [2.75, 3.05) is 0 Å². The topological polar surface area (TPSA) is 122 Å². The first-order valence-corrected chi connectivity index (χ1v) is 10.7. The number of benzene rings is 2. The Balaban J connectivity index is 1.43. The van der Waals surface area contributed by atoms with E-state index < -0.39 is 17.9 Å². The quantitative estimate of drug-likeness (QED) is 0.571. The SMILES string of the molecule is CC(C)CC(=O)N1Cc2ccccc2CC1C(=O)NNC(=O)c1ccc(-n2cnnn2)cc1. The summed E-state index contributed by atoms with van der Waals surface area (Å²) in [6.07, 6.45) is 2.19. The number of nitrogens with zero attached hydrogens (tertiary/aromatic N) is 5. The lowest BCUT2D eigenvalue weighted by Crippen LogP contribution is -2.56. The summed E-state index contributed by atoms with van der Waals surface area (Å²) in [7, 11) is 0. The van der Waals surface area contributed by atoms with Gasteiger partial charge < -0.3 is 4.90 Å². The van der Waals surface area contributed by atoms with Crippen molar-refractivity contribution in [3.63, 3.8) is 0 Å². The number of tetrazole rings is 1. The summed E-state index contributed by atoms with van der Waals surface area (Å²) >= 11 is 0. The largest absolute Gasteiger partial charge is 0.326 e. The molecule has 0 fully saturated rings. The molecule has 2 heterocycles. The van der Waals surface area contributed by atoms with E-state index in [9.17, 15) is 14.4 Å². The maximum atomic E-state index is 13.0. The second kappa shape index (κ2) is 9.60. The molecular weight excluding hydrogens is 422 g/mol. The van der Waals surface area contributed by atoms with Crippen LogP contribution >= 0.6 is 0 Å². The first-order chi connectivity index (χ1) is 15.9. The van der Waals surface area contributed by atoms with Crippen molar-refractivity contribution in [2.24, 2.45) is 5.92 Å². The summed E-state index contributed by atoms with van der Waals surface area (Å²) < 4.78 is 1.47. The molecule has 0 spiro atoms. The Morgan fingerprint density at radius 3 is 2.42 bits per heavy atom. The molecule has 3 amide bonds. The van der Waals surface area contributed by atoms with Gasteiger partial charge in [-0.2, -0.15) is 0 Å². The van der Waals surface area contributed by atoms with Gasteiger partial charge in [0.2, 0.25) is 5.91 Å². The summed E-state index contributed by atoms with van der Waals surface area (Å²) in [6, 6.07) is 13.7. The van der Waals surface area contributed by atoms with Crippen LogP contribution < -0.4 is 10.9 Å². The van der Waals surface area contributed by atoms with Gasteiger partial charge in [0, 0.05) is 24.9 Å². The highest BCUT2D eigenvalue weighted by Gasteiger charge is 2.34. The van der Waals surface area contributed by atoms with Gasteiger partial charge in [-0.3, -0.25) is 25.2 Å². The predicted molar refractivity (Wildman–Crippen MR) is 119 cm³/mol. The lowest BCUT2D eigenvalue weighted by Gasteiger charge is -2.36. The number of aromatic nitrogens is 4. The molecule has 0 radical (unpaired) electrons. The van der Waals surface area contributed by atoms with Gasteiger partial charge >= 0.3 is 0 Å². The van der Waals surface area contributed by atoms with E-state index in [0.29, 0.717) is 30.6 Å². The molecule has 0 bridgehead atoms. The third-order valence-electron chi connectivity index (χ3n) is 5.50. The lowest BCUT2D eigenvalue weighted by atomic mass is 9.92. The normalized spacial score (nSPS) is 15.1. The molecule has 3 aromatic rings. The molecule has 0 aliphatic carbocycles. The first-order valence-electron chi connectivity index (χ1n) is 10.7. The molecule has 1 aromatic heterocycles. The molecule has 1 aliphatic rings. The van der Waals surface area contributed by atoms with Crippen molar-refractivity contribution in [2.45, 2.75) is 39.3 Å². The highest BCUT2D eigenvalue weighted by Crippen LogP contribution is 2.25. The third-order valence-corrected chi connectivity index (χ3v) is 5.50. The molecule has 2 aromatic carbocycles. The summed E-state index contributed by atoms with van der Waals surface area (Å²) in [5.41, 5.74) is 8.05. The lowest BCUT2D eigenvalue weighted by molar-refractivity contribution is -0.142. The van der Waals surface area contributed by atoms with Gasteiger partial charge in [0.15, 0.2) is 0 Å². The Morgan fingerprint density at radius 2 is 1.76 bits per heavy atom. The fourth-order valence-electron chi connectivity index (χ4n) is 3.80. The maximum absolute atomic E-state index is 13.0. The zero-order valence-corrected chi connectivity index (χ0v) is 18.4. The average molecular weight is 447 g/mol. The van der Waals surface area contributed by atoms with Crippen LogP contribution in [0.25, 0.3) is 5.69 Å². The van der Waals surface area contributed by atoms with E-state index in [1.54, 1.807) is 29.2 Å². The molecule has 170 valence electrons. The van der Waals surface area contributed by atoms with Crippen molar-refractivity contribution in [3.05, 3.63) is 71.5 Å². The minimum Gasteiger partial charge on any atom is -0.326 e. The van der Waals surface area contributed by atoms with Crippen LogP contribution in [0.5, 0.6) is 0 Å². The van der Waals surface area contributed by atoms with Gasteiger partial charge in [-0.05, 0) is 51.7 Å². The van der Waals surface area contributed by atoms with Crippen LogP contribution in [0.2, 0.25) is 0 Å². The zero-order chi connectivity index (χ0) is 23.4.